The molecule has 0 saturated heterocycles. The van der Waals surface area contributed by atoms with Gasteiger partial charge in [-0.1, -0.05) is 0 Å². The van der Waals surface area contributed by atoms with Gasteiger partial charge in [0.15, 0.2) is 0 Å². The van der Waals surface area contributed by atoms with Crippen molar-refractivity contribution in [3.8, 4) is 5.81 Å². The van der Waals surface area contributed by atoms with Crippen molar-refractivity contribution >= 4 is 8.22 Å². The minimum atomic E-state index is -1.29. The van der Waals surface area contributed by atoms with Gasteiger partial charge in [0.25, 0.3) is 0 Å². The molecule has 0 heterocycles. The summed E-state index contributed by atoms with van der Waals surface area (Å²) in [4.78, 5) is 0. The zero-order valence-electron chi connectivity index (χ0n) is 2.55. The molecule has 5 heavy (non-hydrogen) atoms. The molecule has 0 aliphatic heterocycles. The Morgan fingerprint density at radius 1 is 1.60 bits per heavy atom. The van der Waals surface area contributed by atoms with Crippen LogP contribution in [0.15, 0.2) is 0 Å². The fourth-order valence-electron chi connectivity index (χ4n) is 0. The highest BCUT2D eigenvalue weighted by Gasteiger charge is 1.78. The summed E-state index contributed by atoms with van der Waals surface area (Å²) in [5.74, 6) is 1.65. The van der Waals surface area contributed by atoms with Gasteiger partial charge in [-0.2, -0.15) is 5.26 Å². The van der Waals surface area contributed by atoms with Crippen LogP contribution in [-0.2, 0) is 0 Å². The van der Waals surface area contributed by atoms with Gasteiger partial charge in [-0.3, -0.25) is 11.0 Å². The minimum Gasteiger partial charge on any atom is -0.286 e. The highest BCUT2D eigenvalue weighted by molar-refractivity contribution is 7.57. The Hall–Kier alpha value is -0.160. The van der Waals surface area contributed by atoms with Crippen molar-refractivity contribution in [1.29, 1.82) is 5.26 Å². The predicted octanol–water partition coefficient (Wildman–Crippen LogP) is -0.303. The second kappa shape index (κ2) is 2.10. The summed E-state index contributed by atoms with van der Waals surface area (Å²) in [5.41, 5.74) is 9.55. The molecule has 0 atom stereocenters. The summed E-state index contributed by atoms with van der Waals surface area (Å²) in [6, 6.07) is 0. The Bertz CT molecular complexity index is 52.4. The first-order valence-electron chi connectivity index (χ1n) is 0.964. The van der Waals surface area contributed by atoms with Crippen molar-refractivity contribution in [3.05, 3.63) is 0 Å². The van der Waals surface area contributed by atoms with E-state index < -0.39 is 8.22 Å². The molecule has 0 aliphatic carbocycles. The van der Waals surface area contributed by atoms with Crippen molar-refractivity contribution in [2.45, 2.75) is 0 Å². The zero-order valence-corrected chi connectivity index (χ0v) is 3.44. The minimum absolute atomic E-state index is 1.29. The van der Waals surface area contributed by atoms with Gasteiger partial charge >= 0.3 is 0 Å². The number of hydrogen-bond donors (Lipinski definition) is 2. The second-order valence-corrected chi connectivity index (χ2v) is 1.52. The van der Waals surface area contributed by atoms with Gasteiger partial charge in [0.05, 0.1) is 0 Å². The summed E-state index contributed by atoms with van der Waals surface area (Å²) < 4.78 is 0. The molecule has 0 spiro atoms. The van der Waals surface area contributed by atoms with E-state index in [9.17, 15) is 0 Å². The van der Waals surface area contributed by atoms with Crippen LogP contribution in [0.2, 0.25) is 0 Å². The number of nitrogens with two attached hydrogens (primary N) is 2. The van der Waals surface area contributed by atoms with Gasteiger partial charge in [0.2, 0.25) is 0 Å². The molecular weight excluding hydrogens is 85.0 g/mol. The van der Waals surface area contributed by atoms with Crippen LogP contribution in [0.3, 0.4) is 0 Å². The van der Waals surface area contributed by atoms with Gasteiger partial charge < -0.3 is 0 Å². The van der Waals surface area contributed by atoms with E-state index in [2.05, 4.69) is 0 Å². The van der Waals surface area contributed by atoms with Crippen molar-refractivity contribution in [2.24, 2.45) is 11.0 Å². The third-order valence-electron chi connectivity index (χ3n) is 0.115. The summed E-state index contributed by atoms with van der Waals surface area (Å²) in [6.45, 7) is 0. The Balaban J connectivity index is 2.94. The van der Waals surface area contributed by atoms with Crippen LogP contribution in [0.4, 0.5) is 0 Å². The fourth-order valence-corrected chi connectivity index (χ4v) is 0. The van der Waals surface area contributed by atoms with Gasteiger partial charge in [0, 0.05) is 0 Å². The van der Waals surface area contributed by atoms with Gasteiger partial charge in [-0.25, -0.2) is 0 Å². The molecule has 4 heteroatoms. The fraction of sp³-hybridized carbons (Fsp3) is 0. The highest BCUT2D eigenvalue weighted by atomic mass is 31.1. The molecule has 0 radical (unpaired) electrons. The zero-order chi connectivity index (χ0) is 4.28. The molecule has 0 fully saturated rings. The second-order valence-electron chi connectivity index (χ2n) is 0.507. The smallest absolute Gasteiger partial charge is 0.140 e. The Kier molecular flexibility index (Phi) is 2.03. The molecule has 0 unspecified atom stereocenters. The lowest BCUT2D eigenvalue weighted by Gasteiger charge is -1.78. The quantitative estimate of drug-likeness (QED) is 0.400. The summed E-state index contributed by atoms with van der Waals surface area (Å²) in [5, 5.41) is 7.67. The molecule has 0 aromatic heterocycles. The van der Waals surface area contributed by atoms with Crippen LogP contribution >= 0.6 is 8.22 Å². The Labute approximate surface area is 31.4 Å². The third-order valence-corrected chi connectivity index (χ3v) is 0.346. The van der Waals surface area contributed by atoms with E-state index in [1.165, 1.54) is 0 Å². The van der Waals surface area contributed by atoms with Gasteiger partial charge in [-0.05, 0) is 0 Å². The molecule has 0 aromatic carbocycles. The van der Waals surface area contributed by atoms with E-state index in [0.29, 0.717) is 0 Å². The highest BCUT2D eigenvalue weighted by Crippen LogP contribution is 2.05. The maximum absolute atomic E-state index is 7.67. The first kappa shape index (κ1) is 4.84. The molecule has 0 aromatic rings. The van der Waals surface area contributed by atoms with E-state index in [0.717, 1.165) is 0 Å². The van der Waals surface area contributed by atoms with E-state index in [-0.39, 0.29) is 0 Å². The topological polar surface area (TPSA) is 75.8 Å². The molecule has 0 bridgehead atoms. The average molecular weight is 89.0 g/mol. The van der Waals surface area contributed by atoms with Crippen molar-refractivity contribution < 1.29 is 0 Å². The van der Waals surface area contributed by atoms with E-state index in [4.69, 9.17) is 16.3 Å². The normalized spacial score (nSPS) is 7.60. The number of nitriles is 1. The number of nitrogens with zero attached hydrogens (tertiary/aromatic N) is 1. The van der Waals surface area contributed by atoms with Crippen LogP contribution in [0.5, 0.6) is 0 Å². The maximum atomic E-state index is 7.67. The van der Waals surface area contributed by atoms with Crippen LogP contribution in [0, 0.1) is 11.1 Å². The summed E-state index contributed by atoms with van der Waals surface area (Å²) in [7, 11) is -1.29. The number of rotatable bonds is 0. The molecule has 0 rings (SSSR count). The Morgan fingerprint density at radius 3 is 1.80 bits per heavy atom. The van der Waals surface area contributed by atoms with Crippen molar-refractivity contribution in [2.75, 3.05) is 0 Å². The van der Waals surface area contributed by atoms with Crippen molar-refractivity contribution in [1.82, 2.24) is 0 Å². The predicted molar refractivity (Wildman–Crippen MR) is 20.9 cm³/mol. The SMILES string of the molecule is N#CP(N)N. The molecule has 0 aliphatic rings. The van der Waals surface area contributed by atoms with Crippen LogP contribution < -0.4 is 11.0 Å². The number of hydrogen-bond acceptors (Lipinski definition) is 3. The molecule has 4 N–H and O–H groups in total. The lowest BCUT2D eigenvalue weighted by atomic mass is 11.8. The maximum Gasteiger partial charge on any atom is 0.140 e. The molecular formula is CH4N3P. The average Bonchev–Trinajstić information content (AvgIpc) is 1.38. The molecule has 0 amide bonds. The molecule has 28 valence electrons. The standard InChI is InChI=1S/CH4N3P/c2-1-5(3)4/h3-4H2. The third kappa shape index (κ3) is 3.84. The Morgan fingerprint density at radius 2 is 1.80 bits per heavy atom. The first-order chi connectivity index (χ1) is 2.27. The van der Waals surface area contributed by atoms with Gasteiger partial charge in [0.1, 0.15) is 14.0 Å². The van der Waals surface area contributed by atoms with Crippen molar-refractivity contribution in [3.63, 3.8) is 0 Å². The largest absolute Gasteiger partial charge is 0.286 e. The molecule has 3 nitrogen and oxygen atoms in total. The van der Waals surface area contributed by atoms with E-state index >= 15 is 0 Å². The van der Waals surface area contributed by atoms with E-state index in [1.807, 2.05) is 0 Å². The van der Waals surface area contributed by atoms with Crippen LogP contribution in [-0.4, -0.2) is 0 Å². The summed E-state index contributed by atoms with van der Waals surface area (Å²) in [6.07, 6.45) is 0. The van der Waals surface area contributed by atoms with Gasteiger partial charge in [-0.15, -0.1) is 0 Å². The van der Waals surface area contributed by atoms with E-state index in [1.54, 1.807) is 5.81 Å². The monoisotopic (exact) mass is 89.0 g/mol. The lowest BCUT2D eigenvalue weighted by molar-refractivity contribution is 1.55. The summed E-state index contributed by atoms with van der Waals surface area (Å²) >= 11 is 0. The molecule has 0 saturated carbocycles. The first-order valence-corrected chi connectivity index (χ1v) is 2.44. The van der Waals surface area contributed by atoms with Crippen LogP contribution in [0.1, 0.15) is 0 Å². The van der Waals surface area contributed by atoms with Crippen LogP contribution in [0.25, 0.3) is 0 Å². The lowest BCUT2D eigenvalue weighted by Crippen LogP contribution is -1.92.